The van der Waals surface area contributed by atoms with Crippen LogP contribution in [0.2, 0.25) is 0 Å². The van der Waals surface area contributed by atoms with E-state index in [1.54, 1.807) is 0 Å². The molecule has 0 saturated carbocycles. The Bertz CT molecular complexity index is 256. The van der Waals surface area contributed by atoms with Crippen molar-refractivity contribution < 1.29 is 0 Å². The van der Waals surface area contributed by atoms with Crippen LogP contribution in [0.15, 0.2) is 16.6 Å². The van der Waals surface area contributed by atoms with Crippen LogP contribution in [0.1, 0.15) is 47.5 Å². The Balaban J connectivity index is 2.71. The highest BCUT2D eigenvalue weighted by Crippen LogP contribution is 2.33. The molecule has 1 rings (SSSR count). The van der Waals surface area contributed by atoms with E-state index in [9.17, 15) is 0 Å². The number of nitrogens with zero attached hydrogens (tertiary/aromatic N) is 1. The van der Waals surface area contributed by atoms with Gasteiger partial charge in [0, 0.05) is 12.3 Å². The van der Waals surface area contributed by atoms with Crippen LogP contribution in [0.3, 0.4) is 0 Å². The molecular formula is C13H23N. The van der Waals surface area contributed by atoms with Gasteiger partial charge in [-0.2, -0.15) is 0 Å². The van der Waals surface area contributed by atoms with Gasteiger partial charge < -0.3 is 0 Å². The van der Waals surface area contributed by atoms with E-state index in [-0.39, 0.29) is 0 Å². The van der Waals surface area contributed by atoms with Crippen molar-refractivity contribution in [3.63, 3.8) is 0 Å². The second kappa shape index (κ2) is 4.29. The summed E-state index contributed by atoms with van der Waals surface area (Å²) in [6.45, 7) is 12.3. The molecule has 0 aliphatic heterocycles. The van der Waals surface area contributed by atoms with Gasteiger partial charge in [-0.3, -0.25) is 4.99 Å². The monoisotopic (exact) mass is 193 g/mol. The van der Waals surface area contributed by atoms with Crippen LogP contribution in [0.4, 0.5) is 0 Å². The molecule has 0 amide bonds. The molecule has 0 atom stereocenters. The van der Waals surface area contributed by atoms with Gasteiger partial charge in [-0.25, -0.2) is 0 Å². The van der Waals surface area contributed by atoms with Crippen molar-refractivity contribution in [2.45, 2.75) is 47.5 Å². The summed E-state index contributed by atoms with van der Waals surface area (Å²) in [4.78, 5) is 4.67. The Morgan fingerprint density at radius 3 is 2.50 bits per heavy atom. The molecule has 1 aliphatic rings. The first-order valence-electron chi connectivity index (χ1n) is 5.59. The molecule has 80 valence electrons. The maximum absolute atomic E-state index is 4.67. The summed E-state index contributed by atoms with van der Waals surface area (Å²) in [5, 5.41) is 0. The molecule has 0 spiro atoms. The molecule has 0 radical (unpaired) electrons. The van der Waals surface area contributed by atoms with E-state index in [0.717, 1.165) is 13.0 Å². The Hall–Kier alpha value is -0.590. The minimum absolute atomic E-state index is 0.411. The van der Waals surface area contributed by atoms with Crippen LogP contribution < -0.4 is 0 Å². The van der Waals surface area contributed by atoms with Crippen molar-refractivity contribution >= 4 is 5.71 Å². The quantitative estimate of drug-likeness (QED) is 0.631. The summed E-state index contributed by atoms with van der Waals surface area (Å²) in [5.41, 5.74) is 3.19. The average molecular weight is 193 g/mol. The Labute approximate surface area is 88.3 Å². The van der Waals surface area contributed by atoms with Gasteiger partial charge in [-0.15, -0.1) is 0 Å². The third kappa shape index (κ3) is 3.65. The molecule has 0 unspecified atom stereocenters. The highest BCUT2D eigenvalue weighted by atomic mass is 14.7. The van der Waals surface area contributed by atoms with Crippen LogP contribution in [0, 0.1) is 11.3 Å². The molecule has 1 nitrogen and oxygen atoms in total. The second-order valence-electron chi connectivity index (χ2n) is 5.73. The number of hydrogen-bond acceptors (Lipinski definition) is 1. The van der Waals surface area contributed by atoms with Gasteiger partial charge in [0.25, 0.3) is 0 Å². The normalized spacial score (nSPS) is 24.1. The van der Waals surface area contributed by atoms with Gasteiger partial charge in [0.15, 0.2) is 0 Å². The van der Waals surface area contributed by atoms with E-state index in [0.29, 0.717) is 11.3 Å². The summed E-state index contributed by atoms with van der Waals surface area (Å²) in [5.74, 6) is 0.668. The average Bonchev–Trinajstić information content (AvgIpc) is 1.96. The first kappa shape index (κ1) is 11.5. The fourth-order valence-corrected chi connectivity index (χ4v) is 2.10. The molecule has 0 heterocycles. The van der Waals surface area contributed by atoms with Crippen molar-refractivity contribution in [3.05, 3.63) is 11.6 Å². The Kier molecular flexibility index (Phi) is 3.52. The summed E-state index contributed by atoms with van der Waals surface area (Å²) in [6, 6.07) is 0. The van der Waals surface area contributed by atoms with Gasteiger partial charge in [0.2, 0.25) is 0 Å². The number of aliphatic imine (C=N–C) groups is 1. The lowest BCUT2D eigenvalue weighted by atomic mass is 9.77. The standard InChI is InChI=1S/C13H23N/c1-10(2)9-14-12-6-11(3)7-13(4,5)8-12/h6,10H,7-9H2,1-5H3/b14-12+. The van der Waals surface area contributed by atoms with Gasteiger partial charge in [-0.1, -0.05) is 33.3 Å². The maximum Gasteiger partial charge on any atom is 0.0415 e. The first-order valence-corrected chi connectivity index (χ1v) is 5.59. The van der Waals surface area contributed by atoms with Crippen molar-refractivity contribution in [3.8, 4) is 0 Å². The zero-order chi connectivity index (χ0) is 10.8. The molecule has 14 heavy (non-hydrogen) atoms. The number of allylic oxidation sites excluding steroid dienone is 2. The molecular weight excluding hydrogens is 170 g/mol. The SMILES string of the molecule is CC1=C/C(=N\CC(C)C)CC(C)(C)C1. The lowest BCUT2D eigenvalue weighted by Crippen LogP contribution is -2.21. The van der Waals surface area contributed by atoms with Gasteiger partial charge in [0.1, 0.15) is 0 Å². The van der Waals surface area contributed by atoms with Crippen LogP contribution in [0.5, 0.6) is 0 Å². The molecule has 0 saturated heterocycles. The predicted octanol–water partition coefficient (Wildman–Crippen LogP) is 3.85. The zero-order valence-electron chi connectivity index (χ0n) is 10.2. The fraction of sp³-hybridized carbons (Fsp3) is 0.769. The molecule has 0 aromatic heterocycles. The first-order chi connectivity index (χ1) is 6.39. The molecule has 0 fully saturated rings. The molecule has 1 aliphatic carbocycles. The fourth-order valence-electron chi connectivity index (χ4n) is 2.10. The van der Waals surface area contributed by atoms with Crippen LogP contribution in [-0.4, -0.2) is 12.3 Å². The van der Waals surface area contributed by atoms with Crippen LogP contribution in [-0.2, 0) is 0 Å². The van der Waals surface area contributed by atoms with E-state index in [4.69, 9.17) is 0 Å². The van der Waals surface area contributed by atoms with Crippen molar-refractivity contribution in [1.29, 1.82) is 0 Å². The molecule has 0 N–H and O–H groups in total. The largest absolute Gasteiger partial charge is 0.289 e. The van der Waals surface area contributed by atoms with Gasteiger partial charge in [-0.05, 0) is 37.2 Å². The van der Waals surface area contributed by atoms with Crippen molar-refractivity contribution in [2.24, 2.45) is 16.3 Å². The molecule has 0 aromatic carbocycles. The Morgan fingerprint density at radius 2 is 2.00 bits per heavy atom. The van der Waals surface area contributed by atoms with Crippen LogP contribution in [0.25, 0.3) is 0 Å². The van der Waals surface area contributed by atoms with E-state index in [1.165, 1.54) is 17.7 Å². The number of rotatable bonds is 2. The highest BCUT2D eigenvalue weighted by Gasteiger charge is 2.24. The van der Waals surface area contributed by atoms with E-state index >= 15 is 0 Å². The van der Waals surface area contributed by atoms with Crippen LogP contribution >= 0.6 is 0 Å². The van der Waals surface area contributed by atoms with E-state index in [2.05, 4.69) is 45.7 Å². The van der Waals surface area contributed by atoms with Gasteiger partial charge in [0.05, 0.1) is 0 Å². The summed E-state index contributed by atoms with van der Waals surface area (Å²) >= 11 is 0. The third-order valence-corrected chi connectivity index (χ3v) is 2.49. The topological polar surface area (TPSA) is 12.4 Å². The highest BCUT2D eigenvalue weighted by molar-refractivity contribution is 5.96. The van der Waals surface area contributed by atoms with E-state index < -0.39 is 0 Å². The summed E-state index contributed by atoms with van der Waals surface area (Å²) in [6.07, 6.45) is 4.62. The van der Waals surface area contributed by atoms with Crippen molar-refractivity contribution in [1.82, 2.24) is 0 Å². The van der Waals surface area contributed by atoms with E-state index in [1.807, 2.05) is 0 Å². The maximum atomic E-state index is 4.67. The molecule has 0 bridgehead atoms. The predicted molar refractivity (Wildman–Crippen MR) is 63.9 cm³/mol. The van der Waals surface area contributed by atoms with Crippen molar-refractivity contribution in [2.75, 3.05) is 6.54 Å². The lowest BCUT2D eigenvalue weighted by molar-refractivity contribution is 0.373. The smallest absolute Gasteiger partial charge is 0.0415 e. The minimum atomic E-state index is 0.411. The third-order valence-electron chi connectivity index (χ3n) is 2.49. The number of hydrogen-bond donors (Lipinski definition) is 0. The summed E-state index contributed by atoms with van der Waals surface area (Å²) in [7, 11) is 0. The van der Waals surface area contributed by atoms with Gasteiger partial charge >= 0.3 is 0 Å². The summed E-state index contributed by atoms with van der Waals surface area (Å²) < 4.78 is 0. The Morgan fingerprint density at radius 1 is 1.36 bits per heavy atom. The second-order valence-corrected chi connectivity index (χ2v) is 5.73. The molecule has 1 heteroatoms. The lowest BCUT2D eigenvalue weighted by Gasteiger charge is -2.29. The zero-order valence-corrected chi connectivity index (χ0v) is 10.2. The molecule has 0 aromatic rings. The minimum Gasteiger partial charge on any atom is -0.289 e.